The lowest BCUT2D eigenvalue weighted by Gasteiger charge is -2.04. The van der Waals surface area contributed by atoms with Crippen LogP contribution in [-0.2, 0) is 7.05 Å². The fraction of sp³-hybridized carbons (Fsp3) is 0.0714. The van der Waals surface area contributed by atoms with E-state index < -0.39 is 0 Å². The lowest BCUT2D eigenvalue weighted by molar-refractivity contribution is -0.384. The third kappa shape index (κ3) is 1.85. The van der Waals surface area contributed by atoms with Crippen LogP contribution < -0.4 is 0 Å². The first-order chi connectivity index (χ1) is 9.16. The SMILES string of the molecule is Cn1cnc2c(-c3ccccc3)cc([N+](=O)[O-])cc21. The number of aromatic nitrogens is 2. The van der Waals surface area contributed by atoms with Crippen LogP contribution in [0.2, 0.25) is 0 Å². The van der Waals surface area contributed by atoms with Gasteiger partial charge in [-0.1, -0.05) is 30.3 Å². The summed E-state index contributed by atoms with van der Waals surface area (Å²) < 4.78 is 1.79. The Kier molecular flexibility index (Phi) is 2.52. The number of nitrogens with zero attached hydrogens (tertiary/aromatic N) is 3. The van der Waals surface area contributed by atoms with E-state index in [0.29, 0.717) is 0 Å². The normalized spacial score (nSPS) is 10.8. The van der Waals surface area contributed by atoms with Crippen molar-refractivity contribution in [3.05, 3.63) is 58.9 Å². The topological polar surface area (TPSA) is 61.0 Å². The van der Waals surface area contributed by atoms with E-state index in [4.69, 9.17) is 0 Å². The van der Waals surface area contributed by atoms with Crippen LogP contribution >= 0.6 is 0 Å². The van der Waals surface area contributed by atoms with Crippen LogP contribution in [0.3, 0.4) is 0 Å². The highest BCUT2D eigenvalue weighted by molar-refractivity contribution is 5.94. The number of rotatable bonds is 2. The first-order valence-electron chi connectivity index (χ1n) is 5.81. The van der Waals surface area contributed by atoms with Crippen LogP contribution in [0.4, 0.5) is 5.69 Å². The molecule has 5 heteroatoms. The zero-order valence-corrected chi connectivity index (χ0v) is 10.3. The van der Waals surface area contributed by atoms with Gasteiger partial charge < -0.3 is 4.57 Å². The molecule has 0 fully saturated rings. The molecule has 0 unspecified atom stereocenters. The maximum atomic E-state index is 11.0. The second kappa shape index (κ2) is 4.20. The highest BCUT2D eigenvalue weighted by atomic mass is 16.6. The van der Waals surface area contributed by atoms with Gasteiger partial charge in [0.05, 0.1) is 22.3 Å². The van der Waals surface area contributed by atoms with Gasteiger partial charge in [-0.2, -0.15) is 0 Å². The molecule has 19 heavy (non-hydrogen) atoms. The minimum Gasteiger partial charge on any atom is -0.334 e. The van der Waals surface area contributed by atoms with Crippen molar-refractivity contribution in [2.75, 3.05) is 0 Å². The molecule has 1 aromatic heterocycles. The molecular weight excluding hydrogens is 242 g/mol. The molecule has 5 nitrogen and oxygen atoms in total. The molecule has 0 atom stereocenters. The Morgan fingerprint density at radius 3 is 2.63 bits per heavy atom. The minimum absolute atomic E-state index is 0.0787. The summed E-state index contributed by atoms with van der Waals surface area (Å²) in [7, 11) is 1.83. The number of fused-ring (bicyclic) bond motifs is 1. The van der Waals surface area contributed by atoms with Gasteiger partial charge in [-0.25, -0.2) is 4.98 Å². The van der Waals surface area contributed by atoms with Crippen molar-refractivity contribution in [3.63, 3.8) is 0 Å². The van der Waals surface area contributed by atoms with Crippen LogP contribution in [0.25, 0.3) is 22.2 Å². The summed E-state index contributed by atoms with van der Waals surface area (Å²) in [5.41, 5.74) is 3.32. The van der Waals surface area contributed by atoms with Gasteiger partial charge in [0.25, 0.3) is 5.69 Å². The van der Waals surface area contributed by atoms with Crippen LogP contribution in [0.5, 0.6) is 0 Å². The molecule has 3 rings (SSSR count). The third-order valence-corrected chi connectivity index (χ3v) is 3.11. The van der Waals surface area contributed by atoms with E-state index in [1.54, 1.807) is 23.0 Å². The lowest BCUT2D eigenvalue weighted by atomic mass is 10.0. The molecule has 0 bridgehead atoms. The molecular formula is C14H11N3O2. The molecule has 0 saturated carbocycles. The number of hydrogen-bond donors (Lipinski definition) is 0. The number of nitro groups is 1. The van der Waals surface area contributed by atoms with Gasteiger partial charge in [0.2, 0.25) is 0 Å². The number of aryl methyl sites for hydroxylation is 1. The minimum atomic E-state index is -0.376. The monoisotopic (exact) mass is 253 g/mol. The van der Waals surface area contributed by atoms with E-state index in [2.05, 4.69) is 4.98 Å². The second-order valence-corrected chi connectivity index (χ2v) is 4.34. The van der Waals surface area contributed by atoms with Gasteiger partial charge in [-0.15, -0.1) is 0 Å². The van der Waals surface area contributed by atoms with Crippen LogP contribution in [0, 0.1) is 10.1 Å². The summed E-state index contributed by atoms with van der Waals surface area (Å²) in [5, 5.41) is 11.0. The van der Waals surface area contributed by atoms with Crippen molar-refractivity contribution in [2.24, 2.45) is 7.05 Å². The Bertz CT molecular complexity index is 763. The summed E-state index contributed by atoms with van der Waals surface area (Å²) in [6.07, 6.45) is 1.67. The van der Waals surface area contributed by atoms with Gasteiger partial charge in [-0.3, -0.25) is 10.1 Å². The lowest BCUT2D eigenvalue weighted by Crippen LogP contribution is -1.92. The molecule has 0 aliphatic heterocycles. The van der Waals surface area contributed by atoms with Crippen molar-refractivity contribution >= 4 is 16.7 Å². The van der Waals surface area contributed by atoms with E-state index >= 15 is 0 Å². The summed E-state index contributed by atoms with van der Waals surface area (Å²) in [4.78, 5) is 15.0. The number of benzene rings is 2. The fourth-order valence-corrected chi connectivity index (χ4v) is 2.16. The fourth-order valence-electron chi connectivity index (χ4n) is 2.16. The van der Waals surface area contributed by atoms with E-state index in [1.165, 1.54) is 0 Å². The predicted octanol–water partition coefficient (Wildman–Crippen LogP) is 3.15. The average Bonchev–Trinajstić information content (AvgIpc) is 2.80. The average molecular weight is 253 g/mol. The molecule has 2 aromatic carbocycles. The largest absolute Gasteiger partial charge is 0.334 e. The van der Waals surface area contributed by atoms with E-state index in [9.17, 15) is 10.1 Å². The number of hydrogen-bond acceptors (Lipinski definition) is 3. The Hall–Kier alpha value is -2.69. The molecule has 0 spiro atoms. The summed E-state index contributed by atoms with van der Waals surface area (Å²) >= 11 is 0. The molecule has 0 N–H and O–H groups in total. The molecule has 3 aromatic rings. The zero-order chi connectivity index (χ0) is 13.4. The van der Waals surface area contributed by atoms with Gasteiger partial charge >= 0.3 is 0 Å². The van der Waals surface area contributed by atoms with Crippen molar-refractivity contribution in [1.82, 2.24) is 9.55 Å². The number of non-ortho nitro benzene ring substituents is 1. The highest BCUT2D eigenvalue weighted by Gasteiger charge is 2.15. The molecule has 0 saturated heterocycles. The Balaban J connectivity index is 2.37. The van der Waals surface area contributed by atoms with Gasteiger partial charge in [0.1, 0.15) is 0 Å². The summed E-state index contributed by atoms with van der Waals surface area (Å²) in [5.74, 6) is 0. The second-order valence-electron chi connectivity index (χ2n) is 4.34. The van der Waals surface area contributed by atoms with Crippen molar-refractivity contribution in [1.29, 1.82) is 0 Å². The van der Waals surface area contributed by atoms with E-state index in [0.717, 1.165) is 22.2 Å². The molecule has 0 radical (unpaired) electrons. The molecule has 0 amide bonds. The van der Waals surface area contributed by atoms with Gasteiger partial charge in [-0.05, 0) is 5.56 Å². The molecule has 1 heterocycles. The summed E-state index contributed by atoms with van der Waals surface area (Å²) in [6.45, 7) is 0. The Morgan fingerprint density at radius 2 is 1.95 bits per heavy atom. The van der Waals surface area contributed by atoms with Crippen LogP contribution in [0.1, 0.15) is 0 Å². The van der Waals surface area contributed by atoms with E-state index in [1.807, 2.05) is 37.4 Å². The van der Waals surface area contributed by atoms with Crippen LogP contribution in [0.15, 0.2) is 48.8 Å². The standard InChI is InChI=1S/C14H11N3O2/c1-16-9-15-14-12(10-5-3-2-4-6-10)7-11(17(18)19)8-13(14)16/h2-9H,1H3. The number of imidazole rings is 1. The quantitative estimate of drug-likeness (QED) is 0.520. The van der Waals surface area contributed by atoms with Gasteiger partial charge in [0, 0.05) is 24.7 Å². The smallest absolute Gasteiger partial charge is 0.272 e. The first-order valence-corrected chi connectivity index (χ1v) is 5.81. The summed E-state index contributed by atoms with van der Waals surface area (Å²) in [6, 6.07) is 12.7. The Morgan fingerprint density at radius 1 is 1.21 bits per heavy atom. The van der Waals surface area contributed by atoms with E-state index in [-0.39, 0.29) is 10.6 Å². The predicted molar refractivity (Wildman–Crippen MR) is 72.8 cm³/mol. The van der Waals surface area contributed by atoms with Crippen LogP contribution in [-0.4, -0.2) is 14.5 Å². The van der Waals surface area contributed by atoms with Crippen molar-refractivity contribution < 1.29 is 4.92 Å². The molecule has 94 valence electrons. The van der Waals surface area contributed by atoms with Gasteiger partial charge in [0.15, 0.2) is 0 Å². The van der Waals surface area contributed by atoms with Crippen molar-refractivity contribution in [3.8, 4) is 11.1 Å². The number of nitro benzene ring substituents is 1. The first kappa shape index (κ1) is 11.4. The maximum absolute atomic E-state index is 11.0. The maximum Gasteiger partial charge on any atom is 0.272 e. The highest BCUT2D eigenvalue weighted by Crippen LogP contribution is 2.31. The van der Waals surface area contributed by atoms with Crippen molar-refractivity contribution in [2.45, 2.75) is 0 Å². The molecule has 0 aliphatic rings. The third-order valence-electron chi connectivity index (χ3n) is 3.11. The zero-order valence-electron chi connectivity index (χ0n) is 10.3. The Labute approximate surface area is 109 Å². The molecule has 0 aliphatic carbocycles.